The van der Waals surface area contributed by atoms with Gasteiger partial charge in [-0.15, -0.1) is 0 Å². The van der Waals surface area contributed by atoms with Gasteiger partial charge >= 0.3 is 0 Å². The van der Waals surface area contributed by atoms with E-state index in [-0.39, 0.29) is 23.0 Å². The minimum atomic E-state index is -0.405. The van der Waals surface area contributed by atoms with Gasteiger partial charge in [-0.05, 0) is 48.5 Å². The zero-order valence-electron chi connectivity index (χ0n) is 12.8. The summed E-state index contributed by atoms with van der Waals surface area (Å²) < 4.78 is 26.1. The number of benzene rings is 2. The van der Waals surface area contributed by atoms with Crippen LogP contribution in [0.3, 0.4) is 0 Å². The van der Waals surface area contributed by atoms with E-state index in [0.717, 1.165) is 11.8 Å². The van der Waals surface area contributed by atoms with Crippen LogP contribution in [0.4, 0.5) is 14.5 Å². The number of hydrogen-bond donors (Lipinski definition) is 1. The fraction of sp³-hybridized carbons (Fsp3) is 0.0556. The number of anilines is 1. The van der Waals surface area contributed by atoms with Gasteiger partial charge in [-0.3, -0.25) is 4.79 Å². The molecule has 124 valence electrons. The molecule has 4 nitrogen and oxygen atoms in total. The predicted molar refractivity (Wildman–Crippen MR) is 92.2 cm³/mol. The van der Waals surface area contributed by atoms with Crippen LogP contribution in [0, 0.1) is 23.0 Å². The summed E-state index contributed by atoms with van der Waals surface area (Å²) in [6.45, 7) is 0. The standard InChI is InChI=1S/C18H11F2N3OS/c19-13-1-4-15(5-2-13)22-17(24)10-25-18-12(9-21)7-11-8-14(20)3-6-16(11)23-18/h1-8H,10H2,(H,22,24). The molecular formula is C18H11F2N3OS. The number of fused-ring (bicyclic) bond motifs is 1. The second kappa shape index (κ2) is 7.28. The van der Waals surface area contributed by atoms with Gasteiger partial charge in [0.05, 0.1) is 16.8 Å². The molecule has 1 heterocycles. The van der Waals surface area contributed by atoms with E-state index in [1.54, 1.807) is 6.07 Å². The Bertz CT molecular complexity index is 984. The Balaban J connectivity index is 1.73. The smallest absolute Gasteiger partial charge is 0.234 e. The zero-order valence-corrected chi connectivity index (χ0v) is 13.6. The van der Waals surface area contributed by atoms with Gasteiger partial charge in [0, 0.05) is 11.1 Å². The maximum atomic E-state index is 13.3. The molecule has 0 unspecified atom stereocenters. The van der Waals surface area contributed by atoms with Crippen LogP contribution < -0.4 is 5.32 Å². The second-order valence-electron chi connectivity index (χ2n) is 5.13. The summed E-state index contributed by atoms with van der Waals surface area (Å²) in [5.74, 6) is -1.06. The first-order chi connectivity index (χ1) is 12.0. The minimum absolute atomic E-state index is 0.0335. The fourth-order valence-corrected chi connectivity index (χ4v) is 2.95. The third-order valence-corrected chi connectivity index (χ3v) is 4.32. The number of aromatic nitrogens is 1. The molecule has 7 heteroatoms. The Labute approximate surface area is 146 Å². The first-order valence-corrected chi connectivity index (χ1v) is 8.22. The highest BCUT2D eigenvalue weighted by atomic mass is 32.2. The van der Waals surface area contributed by atoms with Crippen molar-refractivity contribution in [3.63, 3.8) is 0 Å². The summed E-state index contributed by atoms with van der Waals surface area (Å²) in [6.07, 6.45) is 0. The first kappa shape index (κ1) is 16.9. The molecule has 25 heavy (non-hydrogen) atoms. The predicted octanol–water partition coefficient (Wildman–Crippen LogP) is 4.12. The van der Waals surface area contributed by atoms with Crippen molar-refractivity contribution >= 4 is 34.3 Å². The lowest BCUT2D eigenvalue weighted by Gasteiger charge is -2.07. The molecule has 0 atom stereocenters. The van der Waals surface area contributed by atoms with Gasteiger partial charge in [-0.2, -0.15) is 5.26 Å². The molecule has 0 radical (unpaired) electrons. The van der Waals surface area contributed by atoms with Gasteiger partial charge < -0.3 is 5.32 Å². The number of nitrogens with one attached hydrogen (secondary N) is 1. The number of rotatable bonds is 4. The van der Waals surface area contributed by atoms with Crippen LogP contribution in [-0.2, 0) is 4.79 Å². The molecule has 1 aromatic heterocycles. The first-order valence-electron chi connectivity index (χ1n) is 7.24. The Hall–Kier alpha value is -2.98. The second-order valence-corrected chi connectivity index (χ2v) is 6.10. The summed E-state index contributed by atoms with van der Waals surface area (Å²) in [7, 11) is 0. The van der Waals surface area contributed by atoms with E-state index in [4.69, 9.17) is 0 Å². The summed E-state index contributed by atoms with van der Waals surface area (Å²) in [5, 5.41) is 12.8. The molecular weight excluding hydrogens is 344 g/mol. The average Bonchev–Trinajstić information content (AvgIpc) is 2.61. The molecule has 0 aliphatic heterocycles. The number of carbonyl (C=O) groups is 1. The molecule has 1 amide bonds. The van der Waals surface area contributed by atoms with E-state index in [0.29, 0.717) is 21.6 Å². The highest BCUT2D eigenvalue weighted by Gasteiger charge is 2.11. The number of carbonyl (C=O) groups excluding carboxylic acids is 1. The molecule has 0 spiro atoms. The van der Waals surface area contributed by atoms with Crippen molar-refractivity contribution in [1.82, 2.24) is 4.98 Å². The lowest BCUT2D eigenvalue weighted by Crippen LogP contribution is -2.14. The Morgan fingerprint density at radius 2 is 1.84 bits per heavy atom. The van der Waals surface area contributed by atoms with Crippen LogP contribution in [0.15, 0.2) is 53.6 Å². The average molecular weight is 355 g/mol. The SMILES string of the molecule is N#Cc1cc2cc(F)ccc2nc1SCC(=O)Nc1ccc(F)cc1. The topological polar surface area (TPSA) is 65.8 Å². The highest BCUT2D eigenvalue weighted by Crippen LogP contribution is 2.25. The van der Waals surface area contributed by atoms with Crippen molar-refractivity contribution < 1.29 is 13.6 Å². The van der Waals surface area contributed by atoms with Crippen molar-refractivity contribution in [3.8, 4) is 6.07 Å². The summed E-state index contributed by atoms with van der Waals surface area (Å²) in [5.41, 5.74) is 1.30. The molecule has 3 rings (SSSR count). The van der Waals surface area contributed by atoms with Crippen molar-refractivity contribution in [1.29, 1.82) is 5.26 Å². The van der Waals surface area contributed by atoms with E-state index in [1.807, 2.05) is 6.07 Å². The van der Waals surface area contributed by atoms with Crippen LogP contribution in [0.1, 0.15) is 5.56 Å². The van der Waals surface area contributed by atoms with Crippen molar-refractivity contribution in [2.24, 2.45) is 0 Å². The lowest BCUT2D eigenvalue weighted by molar-refractivity contribution is -0.113. The van der Waals surface area contributed by atoms with Gasteiger partial charge in [-0.25, -0.2) is 13.8 Å². The molecule has 0 saturated carbocycles. The molecule has 0 aliphatic carbocycles. The third kappa shape index (κ3) is 4.11. The van der Waals surface area contributed by atoms with Crippen LogP contribution in [0.5, 0.6) is 0 Å². The molecule has 3 aromatic rings. The van der Waals surface area contributed by atoms with Crippen LogP contribution in [-0.4, -0.2) is 16.6 Å². The van der Waals surface area contributed by atoms with Gasteiger partial charge in [-0.1, -0.05) is 11.8 Å². The zero-order chi connectivity index (χ0) is 17.8. The van der Waals surface area contributed by atoms with Crippen molar-refractivity contribution in [2.45, 2.75) is 5.03 Å². The molecule has 2 aromatic carbocycles. The Morgan fingerprint density at radius 1 is 1.12 bits per heavy atom. The van der Waals surface area contributed by atoms with E-state index < -0.39 is 5.82 Å². The lowest BCUT2D eigenvalue weighted by atomic mass is 10.2. The number of hydrogen-bond acceptors (Lipinski definition) is 4. The normalized spacial score (nSPS) is 10.4. The number of nitriles is 1. The summed E-state index contributed by atoms with van der Waals surface area (Å²) in [6, 6.07) is 13.1. The van der Waals surface area contributed by atoms with Crippen molar-refractivity contribution in [3.05, 3.63) is 65.7 Å². The molecule has 0 aliphatic rings. The highest BCUT2D eigenvalue weighted by molar-refractivity contribution is 8.00. The fourth-order valence-electron chi connectivity index (χ4n) is 2.18. The number of amides is 1. The molecule has 0 saturated heterocycles. The minimum Gasteiger partial charge on any atom is -0.325 e. The number of thioether (sulfide) groups is 1. The van der Waals surface area contributed by atoms with Gasteiger partial charge in [0.15, 0.2) is 0 Å². The van der Waals surface area contributed by atoms with Crippen LogP contribution in [0.2, 0.25) is 0 Å². The van der Waals surface area contributed by atoms with Gasteiger partial charge in [0.25, 0.3) is 0 Å². The molecule has 0 fully saturated rings. The van der Waals surface area contributed by atoms with E-state index >= 15 is 0 Å². The van der Waals surface area contributed by atoms with Crippen molar-refractivity contribution in [2.75, 3.05) is 11.1 Å². The maximum Gasteiger partial charge on any atom is 0.234 e. The van der Waals surface area contributed by atoms with Gasteiger partial charge in [0.1, 0.15) is 22.7 Å². The van der Waals surface area contributed by atoms with E-state index in [1.165, 1.54) is 42.5 Å². The summed E-state index contributed by atoms with van der Waals surface area (Å²) >= 11 is 1.11. The van der Waals surface area contributed by atoms with E-state index in [2.05, 4.69) is 10.3 Å². The largest absolute Gasteiger partial charge is 0.325 e. The molecule has 0 bridgehead atoms. The number of nitrogens with zero attached hydrogens (tertiary/aromatic N) is 2. The monoisotopic (exact) mass is 355 g/mol. The number of pyridine rings is 1. The summed E-state index contributed by atoms with van der Waals surface area (Å²) in [4.78, 5) is 16.3. The quantitative estimate of drug-likeness (QED) is 0.715. The van der Waals surface area contributed by atoms with Gasteiger partial charge in [0.2, 0.25) is 5.91 Å². The molecule has 1 N–H and O–H groups in total. The Kier molecular flexibility index (Phi) is 4.91. The Morgan fingerprint density at radius 3 is 2.56 bits per heavy atom. The van der Waals surface area contributed by atoms with Crippen LogP contribution in [0.25, 0.3) is 10.9 Å². The third-order valence-electron chi connectivity index (χ3n) is 3.33. The van der Waals surface area contributed by atoms with E-state index in [9.17, 15) is 18.8 Å². The van der Waals surface area contributed by atoms with Crippen LogP contribution >= 0.6 is 11.8 Å². The maximum absolute atomic E-state index is 13.3. The number of halogens is 2.